The summed E-state index contributed by atoms with van der Waals surface area (Å²) in [6.07, 6.45) is 0. The molecule has 1 N–H and O–H groups in total. The van der Waals surface area contributed by atoms with E-state index < -0.39 is 23.6 Å². The van der Waals surface area contributed by atoms with Crippen LogP contribution in [0.5, 0.6) is 0 Å². The molecule has 0 radical (unpaired) electrons. The number of likely N-dealkylation sites (N-methyl/N-ethyl adjacent to an activating group) is 1. The lowest BCUT2D eigenvalue weighted by Crippen LogP contribution is -2.35. The third-order valence-electron chi connectivity index (χ3n) is 3.26. The number of carbonyl (C=O) groups excluding carboxylic acids is 1. The molecule has 0 saturated heterocycles. The van der Waals surface area contributed by atoms with Crippen LogP contribution in [0.15, 0.2) is 28.8 Å². The third-order valence-corrected chi connectivity index (χ3v) is 3.26. The summed E-state index contributed by atoms with van der Waals surface area (Å²) in [5.41, 5.74) is 0.496. The number of benzene rings is 1. The van der Waals surface area contributed by atoms with Crippen molar-refractivity contribution >= 4 is 5.91 Å². The number of nitrogens with zero attached hydrogens (tertiary/aromatic N) is 2. The SMILES string of the molecule is Cc1cc(C(=O)NCC(c2c(F)cccc2F)N(C)C)on1. The van der Waals surface area contributed by atoms with Gasteiger partial charge in [-0.3, -0.25) is 4.79 Å². The zero-order chi connectivity index (χ0) is 16.3. The average Bonchev–Trinajstić information content (AvgIpc) is 2.88. The highest BCUT2D eigenvalue weighted by Gasteiger charge is 2.23. The standard InChI is InChI=1S/C15H17F2N3O2/c1-9-7-13(22-19-9)15(21)18-8-12(20(2)3)14-10(16)5-4-6-11(14)17/h4-7,12H,8H2,1-3H3,(H,18,21). The lowest BCUT2D eigenvalue weighted by molar-refractivity contribution is 0.0903. The van der Waals surface area contributed by atoms with Gasteiger partial charge in [-0.25, -0.2) is 8.78 Å². The summed E-state index contributed by atoms with van der Waals surface area (Å²) >= 11 is 0. The summed E-state index contributed by atoms with van der Waals surface area (Å²) < 4.78 is 32.7. The fraction of sp³-hybridized carbons (Fsp3) is 0.333. The first-order valence-corrected chi connectivity index (χ1v) is 6.72. The van der Waals surface area contributed by atoms with E-state index in [9.17, 15) is 13.6 Å². The molecular formula is C15H17F2N3O2. The van der Waals surface area contributed by atoms with Crippen LogP contribution in [0.1, 0.15) is 27.9 Å². The number of rotatable bonds is 5. The monoisotopic (exact) mass is 309 g/mol. The highest BCUT2D eigenvalue weighted by molar-refractivity contribution is 5.91. The lowest BCUT2D eigenvalue weighted by atomic mass is 10.0. The van der Waals surface area contributed by atoms with Gasteiger partial charge in [-0.1, -0.05) is 11.2 Å². The fourth-order valence-corrected chi connectivity index (χ4v) is 2.12. The van der Waals surface area contributed by atoms with E-state index in [-0.39, 0.29) is 17.9 Å². The maximum Gasteiger partial charge on any atom is 0.289 e. The van der Waals surface area contributed by atoms with Crippen LogP contribution in [0, 0.1) is 18.6 Å². The van der Waals surface area contributed by atoms with E-state index in [1.807, 2.05) is 0 Å². The van der Waals surface area contributed by atoms with Gasteiger partial charge < -0.3 is 14.7 Å². The average molecular weight is 309 g/mol. The summed E-state index contributed by atoms with van der Waals surface area (Å²) in [6, 6.07) is 4.53. The van der Waals surface area contributed by atoms with E-state index in [1.54, 1.807) is 25.9 Å². The molecule has 0 fully saturated rings. The van der Waals surface area contributed by atoms with Crippen LogP contribution in [0.2, 0.25) is 0 Å². The second kappa shape index (κ2) is 6.65. The molecule has 0 saturated carbocycles. The number of hydrogen-bond donors (Lipinski definition) is 1. The van der Waals surface area contributed by atoms with E-state index in [4.69, 9.17) is 4.52 Å². The van der Waals surface area contributed by atoms with Gasteiger partial charge in [0.2, 0.25) is 5.76 Å². The highest BCUT2D eigenvalue weighted by atomic mass is 19.1. The quantitative estimate of drug-likeness (QED) is 0.920. The maximum atomic E-state index is 13.9. The second-order valence-corrected chi connectivity index (χ2v) is 5.16. The van der Waals surface area contributed by atoms with Crippen molar-refractivity contribution < 1.29 is 18.1 Å². The predicted octanol–water partition coefficient (Wildman–Crippen LogP) is 2.29. The van der Waals surface area contributed by atoms with Crippen molar-refractivity contribution in [2.45, 2.75) is 13.0 Å². The molecule has 0 aliphatic rings. The van der Waals surface area contributed by atoms with E-state index in [0.717, 1.165) is 0 Å². The molecule has 1 atom stereocenters. The summed E-state index contributed by atoms with van der Waals surface area (Å²) in [6.45, 7) is 1.72. The molecule has 5 nitrogen and oxygen atoms in total. The van der Waals surface area contributed by atoms with Gasteiger partial charge in [-0.15, -0.1) is 0 Å². The second-order valence-electron chi connectivity index (χ2n) is 5.16. The van der Waals surface area contributed by atoms with E-state index in [0.29, 0.717) is 5.69 Å². The number of aryl methyl sites for hydroxylation is 1. The number of halogens is 2. The predicted molar refractivity (Wildman–Crippen MR) is 76.4 cm³/mol. The molecule has 1 aromatic carbocycles. The van der Waals surface area contributed by atoms with Crippen LogP contribution >= 0.6 is 0 Å². The molecular weight excluding hydrogens is 292 g/mol. The van der Waals surface area contributed by atoms with Gasteiger partial charge in [0.1, 0.15) is 11.6 Å². The molecule has 0 spiro atoms. The topological polar surface area (TPSA) is 58.4 Å². The Morgan fingerprint density at radius 1 is 1.36 bits per heavy atom. The Balaban J connectivity index is 2.15. The first-order chi connectivity index (χ1) is 10.4. The Bertz CT molecular complexity index is 650. The number of nitrogens with one attached hydrogen (secondary N) is 1. The van der Waals surface area contributed by atoms with Crippen LogP contribution in [0.25, 0.3) is 0 Å². The molecule has 22 heavy (non-hydrogen) atoms. The molecule has 2 aromatic rings. The molecule has 1 aromatic heterocycles. The van der Waals surface area contributed by atoms with Gasteiger partial charge in [0.15, 0.2) is 0 Å². The number of carbonyl (C=O) groups is 1. The van der Waals surface area contributed by atoms with Crippen molar-refractivity contribution in [3.63, 3.8) is 0 Å². The maximum absolute atomic E-state index is 13.9. The minimum Gasteiger partial charge on any atom is -0.351 e. The van der Waals surface area contributed by atoms with Gasteiger partial charge in [0, 0.05) is 18.2 Å². The van der Waals surface area contributed by atoms with Crippen molar-refractivity contribution in [1.29, 1.82) is 0 Å². The molecule has 118 valence electrons. The molecule has 1 unspecified atom stereocenters. The largest absolute Gasteiger partial charge is 0.351 e. The molecule has 0 aliphatic carbocycles. The van der Waals surface area contributed by atoms with Crippen LogP contribution in [0.3, 0.4) is 0 Å². The van der Waals surface area contributed by atoms with Crippen molar-refractivity contribution in [2.24, 2.45) is 0 Å². The first kappa shape index (κ1) is 16.1. The van der Waals surface area contributed by atoms with Crippen LogP contribution in [-0.2, 0) is 0 Å². The molecule has 0 aliphatic heterocycles. The number of hydrogen-bond acceptors (Lipinski definition) is 4. The van der Waals surface area contributed by atoms with Crippen molar-refractivity contribution in [2.75, 3.05) is 20.6 Å². The minimum absolute atomic E-state index is 0.0312. The summed E-state index contributed by atoms with van der Waals surface area (Å²) in [7, 11) is 3.36. The normalized spacial score (nSPS) is 12.5. The molecule has 7 heteroatoms. The van der Waals surface area contributed by atoms with E-state index in [1.165, 1.54) is 24.3 Å². The number of amides is 1. The molecule has 1 heterocycles. The van der Waals surface area contributed by atoms with E-state index in [2.05, 4.69) is 10.5 Å². The van der Waals surface area contributed by atoms with Crippen LogP contribution < -0.4 is 5.32 Å². The number of aromatic nitrogens is 1. The zero-order valence-corrected chi connectivity index (χ0v) is 12.6. The Hall–Kier alpha value is -2.28. The van der Waals surface area contributed by atoms with Crippen molar-refractivity contribution in [1.82, 2.24) is 15.4 Å². The minimum atomic E-state index is -0.650. The molecule has 2 rings (SSSR count). The third kappa shape index (κ3) is 3.48. The Morgan fingerprint density at radius 3 is 2.50 bits per heavy atom. The van der Waals surface area contributed by atoms with E-state index >= 15 is 0 Å². The highest BCUT2D eigenvalue weighted by Crippen LogP contribution is 2.24. The van der Waals surface area contributed by atoms with Crippen molar-refractivity contribution in [3.8, 4) is 0 Å². The van der Waals surface area contributed by atoms with Gasteiger partial charge in [0.05, 0.1) is 11.7 Å². The van der Waals surface area contributed by atoms with Gasteiger partial charge >= 0.3 is 0 Å². The smallest absolute Gasteiger partial charge is 0.289 e. The Labute approximate surface area is 126 Å². The zero-order valence-electron chi connectivity index (χ0n) is 12.6. The summed E-state index contributed by atoms with van der Waals surface area (Å²) in [4.78, 5) is 13.6. The molecule has 0 bridgehead atoms. The Morgan fingerprint density at radius 2 is 2.00 bits per heavy atom. The summed E-state index contributed by atoms with van der Waals surface area (Å²) in [5.74, 6) is -1.72. The van der Waals surface area contributed by atoms with Gasteiger partial charge in [0.25, 0.3) is 5.91 Å². The van der Waals surface area contributed by atoms with Gasteiger partial charge in [-0.2, -0.15) is 0 Å². The summed E-state index contributed by atoms with van der Waals surface area (Å²) in [5, 5.41) is 6.22. The van der Waals surface area contributed by atoms with Crippen molar-refractivity contribution in [3.05, 3.63) is 52.9 Å². The fourth-order valence-electron chi connectivity index (χ4n) is 2.12. The first-order valence-electron chi connectivity index (χ1n) is 6.72. The van der Waals surface area contributed by atoms with Crippen LogP contribution in [-0.4, -0.2) is 36.6 Å². The van der Waals surface area contributed by atoms with Crippen LogP contribution in [0.4, 0.5) is 8.78 Å². The lowest BCUT2D eigenvalue weighted by Gasteiger charge is -2.25. The van der Waals surface area contributed by atoms with Gasteiger partial charge in [-0.05, 0) is 33.2 Å². The molecule has 1 amide bonds. The Kier molecular flexibility index (Phi) is 4.87.